The minimum atomic E-state index is 0.301. The number of aromatic nitrogens is 1. The molecule has 0 aliphatic rings. The van der Waals surface area contributed by atoms with E-state index in [1.54, 1.807) is 24.6 Å². The molecule has 2 aromatic heterocycles. The van der Waals surface area contributed by atoms with Gasteiger partial charge in [-0.15, -0.1) is 11.3 Å². The maximum Gasteiger partial charge on any atom is 0.213 e. The van der Waals surface area contributed by atoms with E-state index in [-0.39, 0.29) is 0 Å². The Kier molecular flexibility index (Phi) is 3.41. The lowest BCUT2D eigenvalue weighted by Gasteiger charge is -2.13. The summed E-state index contributed by atoms with van der Waals surface area (Å²) in [5.74, 6) is 0.634. The third kappa shape index (κ3) is 2.52. The Labute approximate surface area is 99.1 Å². The van der Waals surface area contributed by atoms with Gasteiger partial charge in [-0.3, -0.25) is 0 Å². The standard InChI is InChI=1S/C12H14N2OS/c1-9(11-4-3-7-16-11)14-10-5-6-12(15-2)13-8-10/h3-9,14H,1-2H3. The summed E-state index contributed by atoms with van der Waals surface area (Å²) < 4.78 is 5.01. The number of pyridine rings is 1. The smallest absolute Gasteiger partial charge is 0.213 e. The second kappa shape index (κ2) is 4.99. The van der Waals surface area contributed by atoms with Gasteiger partial charge in [-0.05, 0) is 24.4 Å². The van der Waals surface area contributed by atoms with Crippen LogP contribution in [0.15, 0.2) is 35.8 Å². The van der Waals surface area contributed by atoms with Crippen molar-refractivity contribution in [3.63, 3.8) is 0 Å². The minimum Gasteiger partial charge on any atom is -0.481 e. The average molecular weight is 234 g/mol. The summed E-state index contributed by atoms with van der Waals surface area (Å²) in [6.07, 6.45) is 1.78. The minimum absolute atomic E-state index is 0.301. The quantitative estimate of drug-likeness (QED) is 0.881. The molecular formula is C12H14N2OS. The van der Waals surface area contributed by atoms with E-state index < -0.39 is 0 Å². The van der Waals surface area contributed by atoms with Gasteiger partial charge in [0.05, 0.1) is 25.0 Å². The fourth-order valence-corrected chi connectivity index (χ4v) is 2.18. The van der Waals surface area contributed by atoms with Crippen molar-refractivity contribution in [3.05, 3.63) is 40.7 Å². The van der Waals surface area contributed by atoms with Gasteiger partial charge in [0.25, 0.3) is 0 Å². The first-order valence-electron chi connectivity index (χ1n) is 5.09. The van der Waals surface area contributed by atoms with Crippen LogP contribution in [0.2, 0.25) is 0 Å². The van der Waals surface area contributed by atoms with Crippen LogP contribution < -0.4 is 10.1 Å². The third-order valence-corrected chi connectivity index (χ3v) is 3.35. The molecule has 3 nitrogen and oxygen atoms in total. The number of anilines is 1. The van der Waals surface area contributed by atoms with Gasteiger partial charge in [-0.1, -0.05) is 6.07 Å². The Balaban J connectivity index is 2.03. The van der Waals surface area contributed by atoms with Gasteiger partial charge in [0.1, 0.15) is 0 Å². The number of ether oxygens (including phenoxy) is 1. The van der Waals surface area contributed by atoms with E-state index in [1.165, 1.54) is 4.88 Å². The molecule has 0 aromatic carbocycles. The van der Waals surface area contributed by atoms with Gasteiger partial charge in [0.15, 0.2) is 0 Å². The summed E-state index contributed by atoms with van der Waals surface area (Å²) in [7, 11) is 1.61. The largest absolute Gasteiger partial charge is 0.481 e. The first-order chi connectivity index (χ1) is 7.79. The van der Waals surface area contributed by atoms with Gasteiger partial charge in [0, 0.05) is 10.9 Å². The van der Waals surface area contributed by atoms with Crippen LogP contribution >= 0.6 is 11.3 Å². The van der Waals surface area contributed by atoms with E-state index >= 15 is 0 Å². The van der Waals surface area contributed by atoms with Crippen molar-refractivity contribution in [2.45, 2.75) is 13.0 Å². The zero-order valence-corrected chi connectivity index (χ0v) is 10.1. The molecule has 0 saturated heterocycles. The van der Waals surface area contributed by atoms with Crippen molar-refractivity contribution >= 4 is 17.0 Å². The van der Waals surface area contributed by atoms with Crippen molar-refractivity contribution < 1.29 is 4.74 Å². The van der Waals surface area contributed by atoms with Gasteiger partial charge < -0.3 is 10.1 Å². The SMILES string of the molecule is COc1ccc(NC(C)c2cccs2)cn1. The molecule has 4 heteroatoms. The number of hydrogen-bond acceptors (Lipinski definition) is 4. The zero-order chi connectivity index (χ0) is 11.4. The molecule has 0 fully saturated rings. The topological polar surface area (TPSA) is 34.1 Å². The van der Waals surface area contributed by atoms with Gasteiger partial charge in [-0.25, -0.2) is 4.98 Å². The molecule has 16 heavy (non-hydrogen) atoms. The lowest BCUT2D eigenvalue weighted by Crippen LogP contribution is -2.04. The van der Waals surface area contributed by atoms with Crippen LogP contribution in [0.3, 0.4) is 0 Å². The maximum atomic E-state index is 5.01. The molecule has 0 bridgehead atoms. The fraction of sp³-hybridized carbons (Fsp3) is 0.250. The summed E-state index contributed by atoms with van der Waals surface area (Å²) >= 11 is 1.75. The number of nitrogens with one attached hydrogen (secondary N) is 1. The van der Waals surface area contributed by atoms with Gasteiger partial charge in [-0.2, -0.15) is 0 Å². The van der Waals surface area contributed by atoms with Crippen molar-refractivity contribution in [1.82, 2.24) is 4.98 Å². The number of rotatable bonds is 4. The lowest BCUT2D eigenvalue weighted by atomic mass is 10.2. The molecule has 2 aromatic rings. The highest BCUT2D eigenvalue weighted by molar-refractivity contribution is 7.10. The van der Waals surface area contributed by atoms with Gasteiger partial charge in [0.2, 0.25) is 5.88 Å². The normalized spacial score (nSPS) is 12.1. The Morgan fingerprint density at radius 2 is 2.25 bits per heavy atom. The maximum absolute atomic E-state index is 5.01. The molecular weight excluding hydrogens is 220 g/mol. The van der Waals surface area contributed by atoms with E-state index in [0.717, 1.165) is 5.69 Å². The molecule has 0 saturated carbocycles. The molecule has 84 valence electrons. The first-order valence-corrected chi connectivity index (χ1v) is 5.97. The Bertz CT molecular complexity index is 425. The van der Waals surface area contributed by atoms with E-state index in [9.17, 15) is 0 Å². The average Bonchev–Trinajstić information content (AvgIpc) is 2.83. The predicted octanol–water partition coefficient (Wildman–Crippen LogP) is 3.32. The van der Waals surface area contributed by atoms with Crippen molar-refractivity contribution in [3.8, 4) is 5.88 Å². The number of methoxy groups -OCH3 is 1. The zero-order valence-electron chi connectivity index (χ0n) is 9.31. The summed E-state index contributed by atoms with van der Waals surface area (Å²) in [5.41, 5.74) is 1.00. The highest BCUT2D eigenvalue weighted by atomic mass is 32.1. The monoisotopic (exact) mass is 234 g/mol. The number of thiophene rings is 1. The van der Waals surface area contributed by atoms with Crippen molar-refractivity contribution in [1.29, 1.82) is 0 Å². The lowest BCUT2D eigenvalue weighted by molar-refractivity contribution is 0.398. The van der Waals surface area contributed by atoms with E-state index in [2.05, 4.69) is 34.7 Å². The molecule has 0 radical (unpaired) electrons. The van der Waals surface area contributed by atoms with E-state index in [1.807, 2.05) is 12.1 Å². The summed E-state index contributed by atoms with van der Waals surface area (Å²) in [6, 6.07) is 8.30. The second-order valence-electron chi connectivity index (χ2n) is 3.47. The van der Waals surface area contributed by atoms with Crippen LogP contribution in [0, 0.1) is 0 Å². The highest BCUT2D eigenvalue weighted by Gasteiger charge is 2.05. The van der Waals surface area contributed by atoms with Crippen LogP contribution in [0.25, 0.3) is 0 Å². The van der Waals surface area contributed by atoms with Crippen LogP contribution in [0.5, 0.6) is 5.88 Å². The molecule has 0 aliphatic carbocycles. The summed E-state index contributed by atoms with van der Waals surface area (Å²) in [4.78, 5) is 5.47. The molecule has 1 atom stereocenters. The van der Waals surface area contributed by atoms with Crippen molar-refractivity contribution in [2.75, 3.05) is 12.4 Å². The molecule has 0 amide bonds. The van der Waals surface area contributed by atoms with Crippen LogP contribution in [0.1, 0.15) is 17.8 Å². The second-order valence-corrected chi connectivity index (χ2v) is 4.45. The third-order valence-electron chi connectivity index (χ3n) is 2.30. The van der Waals surface area contributed by atoms with E-state index in [0.29, 0.717) is 11.9 Å². The van der Waals surface area contributed by atoms with Crippen LogP contribution in [-0.2, 0) is 0 Å². The molecule has 0 spiro atoms. The van der Waals surface area contributed by atoms with Crippen molar-refractivity contribution in [2.24, 2.45) is 0 Å². The number of nitrogens with zero attached hydrogens (tertiary/aromatic N) is 1. The first kappa shape index (κ1) is 11.0. The molecule has 1 N–H and O–H groups in total. The summed E-state index contributed by atoms with van der Waals surface area (Å²) in [5, 5.41) is 5.47. The molecule has 0 aliphatic heterocycles. The Hall–Kier alpha value is -1.55. The Morgan fingerprint density at radius 1 is 1.38 bits per heavy atom. The molecule has 1 unspecified atom stereocenters. The molecule has 2 rings (SSSR count). The highest BCUT2D eigenvalue weighted by Crippen LogP contribution is 2.23. The fourth-order valence-electron chi connectivity index (χ4n) is 1.45. The van der Waals surface area contributed by atoms with Crippen LogP contribution in [0.4, 0.5) is 5.69 Å². The summed E-state index contributed by atoms with van der Waals surface area (Å²) in [6.45, 7) is 2.13. The Morgan fingerprint density at radius 3 is 2.81 bits per heavy atom. The van der Waals surface area contributed by atoms with Gasteiger partial charge >= 0.3 is 0 Å². The molecule has 2 heterocycles. The van der Waals surface area contributed by atoms with E-state index in [4.69, 9.17) is 4.74 Å². The van der Waals surface area contributed by atoms with Crippen LogP contribution in [-0.4, -0.2) is 12.1 Å². The predicted molar refractivity (Wildman–Crippen MR) is 67.1 cm³/mol. The number of hydrogen-bond donors (Lipinski definition) is 1.